The molecule has 2 aromatic carbocycles. The summed E-state index contributed by atoms with van der Waals surface area (Å²) in [4.78, 5) is 17.1. The first-order chi connectivity index (χ1) is 11.2. The van der Waals surface area contributed by atoms with Crippen LogP contribution in [0.4, 0.5) is 0 Å². The van der Waals surface area contributed by atoms with E-state index >= 15 is 0 Å². The number of nitrogens with zero attached hydrogens (tertiary/aromatic N) is 3. The first-order valence-corrected chi connectivity index (χ1v) is 7.72. The Morgan fingerprint density at radius 1 is 1.00 bits per heavy atom. The van der Waals surface area contributed by atoms with Gasteiger partial charge in [-0.3, -0.25) is 4.79 Å². The predicted octanol–water partition coefficient (Wildman–Crippen LogP) is 2.62. The molecule has 0 aliphatic carbocycles. The number of hydrogen-bond acceptors (Lipinski definition) is 5. The quantitative estimate of drug-likeness (QED) is 0.864. The number of hydrogen-bond donors (Lipinski definition) is 1. The fraction of sp³-hybridized carbons (Fsp3) is 0.118. The fourth-order valence-corrected chi connectivity index (χ4v) is 2.91. The van der Waals surface area contributed by atoms with Crippen molar-refractivity contribution in [3.8, 4) is 0 Å². The van der Waals surface area contributed by atoms with Crippen LogP contribution in [0.1, 0.15) is 17.2 Å². The third-order valence-corrected chi connectivity index (χ3v) is 4.24. The average Bonchev–Trinajstić information content (AvgIpc) is 3.04. The number of amides is 1. The van der Waals surface area contributed by atoms with Gasteiger partial charge in [-0.1, -0.05) is 48.5 Å². The molecule has 0 bridgehead atoms. The van der Waals surface area contributed by atoms with Crippen LogP contribution in [-0.2, 0) is 9.53 Å². The van der Waals surface area contributed by atoms with Crippen LogP contribution in [0.2, 0.25) is 0 Å². The van der Waals surface area contributed by atoms with Gasteiger partial charge >= 0.3 is 6.02 Å². The van der Waals surface area contributed by atoms with E-state index in [4.69, 9.17) is 4.74 Å². The molecule has 0 saturated carbocycles. The van der Waals surface area contributed by atoms with Crippen molar-refractivity contribution in [3.63, 3.8) is 0 Å². The Labute approximate surface area is 138 Å². The lowest BCUT2D eigenvalue weighted by molar-refractivity contribution is -0.128. The van der Waals surface area contributed by atoms with Crippen molar-refractivity contribution in [3.05, 3.63) is 71.8 Å². The second-order valence-corrected chi connectivity index (χ2v) is 5.79. The van der Waals surface area contributed by atoms with Gasteiger partial charge < -0.3 is 4.74 Å². The molecule has 0 aromatic heterocycles. The van der Waals surface area contributed by atoms with Crippen LogP contribution in [-0.4, -0.2) is 28.1 Å². The Morgan fingerprint density at radius 3 is 2.35 bits per heavy atom. The smallest absolute Gasteiger partial charge is 0.323 e. The van der Waals surface area contributed by atoms with E-state index in [2.05, 4.69) is 22.7 Å². The molecule has 0 fully saturated rings. The number of ether oxygens (including phenoxy) is 1. The SMILES string of the molecule is O=C1[C@@H](S)[C@@H](c2ccccc2)N=C2OC(c3ccccc3)=NN12. The highest BCUT2D eigenvalue weighted by molar-refractivity contribution is 7.81. The van der Waals surface area contributed by atoms with Gasteiger partial charge in [0, 0.05) is 5.56 Å². The maximum absolute atomic E-state index is 12.5. The van der Waals surface area contributed by atoms with Gasteiger partial charge in [-0.15, -0.1) is 10.1 Å². The molecule has 2 aliphatic rings. The van der Waals surface area contributed by atoms with Crippen molar-refractivity contribution < 1.29 is 9.53 Å². The Balaban J connectivity index is 1.70. The van der Waals surface area contributed by atoms with Crippen molar-refractivity contribution in [2.45, 2.75) is 11.3 Å². The lowest BCUT2D eigenvalue weighted by Crippen LogP contribution is -2.42. The van der Waals surface area contributed by atoms with Crippen LogP contribution in [0.3, 0.4) is 0 Å². The molecule has 0 spiro atoms. The zero-order chi connectivity index (χ0) is 15.8. The predicted molar refractivity (Wildman–Crippen MR) is 90.3 cm³/mol. The van der Waals surface area contributed by atoms with Gasteiger partial charge in [0.15, 0.2) is 0 Å². The standard InChI is InChI=1S/C17H13N3O2S/c21-16-14(23)13(11-7-3-1-4-8-11)18-17-20(16)19-15(22-17)12-9-5-2-6-10-12/h1-10,13-14,23H/t13-,14+/m1/s1. The molecule has 23 heavy (non-hydrogen) atoms. The van der Waals surface area contributed by atoms with E-state index in [0.29, 0.717) is 5.90 Å². The molecular formula is C17H13N3O2S. The minimum atomic E-state index is -0.594. The van der Waals surface area contributed by atoms with E-state index in [9.17, 15) is 4.79 Å². The number of hydrazone groups is 1. The highest BCUT2D eigenvalue weighted by Gasteiger charge is 2.42. The molecule has 2 atom stereocenters. The lowest BCUT2D eigenvalue weighted by atomic mass is 10.0. The van der Waals surface area contributed by atoms with Gasteiger partial charge in [0.2, 0.25) is 5.90 Å². The minimum Gasteiger partial charge on any atom is -0.403 e. The Kier molecular flexibility index (Phi) is 3.38. The molecule has 114 valence electrons. The lowest BCUT2D eigenvalue weighted by Gasteiger charge is -2.26. The summed E-state index contributed by atoms with van der Waals surface area (Å²) in [5.74, 6) is 0.130. The summed E-state index contributed by atoms with van der Waals surface area (Å²) < 4.78 is 5.69. The summed E-state index contributed by atoms with van der Waals surface area (Å²) in [6.07, 6.45) is 0. The van der Waals surface area contributed by atoms with Crippen molar-refractivity contribution in [2.75, 3.05) is 0 Å². The van der Waals surface area contributed by atoms with Crippen molar-refractivity contribution in [1.82, 2.24) is 5.01 Å². The molecule has 1 amide bonds. The average molecular weight is 323 g/mol. The summed E-state index contributed by atoms with van der Waals surface area (Å²) in [5.41, 5.74) is 1.72. The number of amidine groups is 1. The first kappa shape index (κ1) is 14.0. The zero-order valence-corrected chi connectivity index (χ0v) is 12.9. The number of benzene rings is 2. The summed E-state index contributed by atoms with van der Waals surface area (Å²) in [7, 11) is 0. The van der Waals surface area contributed by atoms with Crippen LogP contribution in [0, 0.1) is 0 Å². The van der Waals surface area contributed by atoms with E-state index in [1.807, 2.05) is 60.7 Å². The fourth-order valence-electron chi connectivity index (χ4n) is 2.56. The van der Waals surface area contributed by atoms with Gasteiger partial charge in [0.1, 0.15) is 11.3 Å². The molecule has 2 heterocycles. The summed E-state index contributed by atoms with van der Waals surface area (Å²) >= 11 is 4.44. The summed E-state index contributed by atoms with van der Waals surface area (Å²) in [6, 6.07) is 18.8. The van der Waals surface area contributed by atoms with E-state index in [1.165, 1.54) is 5.01 Å². The number of carbonyl (C=O) groups is 1. The van der Waals surface area contributed by atoms with E-state index in [-0.39, 0.29) is 18.0 Å². The summed E-state index contributed by atoms with van der Waals surface area (Å²) in [5, 5.41) is 4.84. The Morgan fingerprint density at radius 2 is 1.65 bits per heavy atom. The van der Waals surface area contributed by atoms with Crippen molar-refractivity contribution in [2.24, 2.45) is 10.1 Å². The summed E-state index contributed by atoms with van der Waals surface area (Å²) in [6.45, 7) is 0. The number of thiol groups is 1. The molecule has 0 unspecified atom stereocenters. The maximum atomic E-state index is 12.5. The van der Waals surface area contributed by atoms with Crippen LogP contribution < -0.4 is 0 Å². The molecule has 6 heteroatoms. The van der Waals surface area contributed by atoms with Gasteiger partial charge in [0.25, 0.3) is 5.91 Å². The van der Waals surface area contributed by atoms with Gasteiger partial charge in [-0.2, -0.15) is 12.6 Å². The largest absolute Gasteiger partial charge is 0.403 e. The van der Waals surface area contributed by atoms with Crippen molar-refractivity contribution >= 4 is 30.5 Å². The van der Waals surface area contributed by atoms with E-state index in [0.717, 1.165) is 11.1 Å². The third-order valence-electron chi connectivity index (χ3n) is 3.73. The second kappa shape index (κ2) is 5.55. The third kappa shape index (κ3) is 2.41. The van der Waals surface area contributed by atoms with Gasteiger partial charge in [-0.25, -0.2) is 4.99 Å². The number of aliphatic imine (C=N–C) groups is 1. The first-order valence-electron chi connectivity index (χ1n) is 7.21. The molecule has 0 saturated heterocycles. The van der Waals surface area contributed by atoms with Gasteiger partial charge in [0.05, 0.1) is 0 Å². The minimum absolute atomic E-state index is 0.202. The van der Waals surface area contributed by atoms with E-state index < -0.39 is 5.25 Å². The number of fused-ring (bicyclic) bond motifs is 1. The normalized spacial score (nSPS) is 23.0. The highest BCUT2D eigenvalue weighted by Crippen LogP contribution is 2.32. The van der Waals surface area contributed by atoms with Crippen molar-refractivity contribution in [1.29, 1.82) is 0 Å². The van der Waals surface area contributed by atoms with Gasteiger partial charge in [-0.05, 0) is 17.7 Å². The monoisotopic (exact) mass is 323 g/mol. The molecular weight excluding hydrogens is 310 g/mol. The Hall–Kier alpha value is -2.60. The number of carbonyl (C=O) groups excluding carboxylic acids is 1. The second-order valence-electron chi connectivity index (χ2n) is 5.24. The van der Waals surface area contributed by atoms with Crippen LogP contribution in [0.5, 0.6) is 0 Å². The van der Waals surface area contributed by atoms with Crippen LogP contribution >= 0.6 is 12.6 Å². The molecule has 4 rings (SSSR count). The van der Waals surface area contributed by atoms with Crippen LogP contribution in [0.15, 0.2) is 70.8 Å². The molecule has 5 nitrogen and oxygen atoms in total. The zero-order valence-electron chi connectivity index (χ0n) is 12.0. The molecule has 0 N–H and O–H groups in total. The molecule has 2 aliphatic heterocycles. The van der Waals surface area contributed by atoms with Crippen LogP contribution in [0.25, 0.3) is 0 Å². The topological polar surface area (TPSA) is 54.3 Å². The molecule has 0 radical (unpaired) electrons. The maximum Gasteiger partial charge on any atom is 0.323 e. The van der Waals surface area contributed by atoms with E-state index in [1.54, 1.807) is 0 Å². The molecule has 2 aromatic rings. The highest BCUT2D eigenvalue weighted by atomic mass is 32.1. The number of rotatable bonds is 2. The Bertz CT molecular complexity index is 805.